The fourth-order valence-electron chi connectivity index (χ4n) is 3.76. The van der Waals surface area contributed by atoms with E-state index in [1.165, 1.54) is 5.56 Å². The average molecular weight is 376 g/mol. The summed E-state index contributed by atoms with van der Waals surface area (Å²) in [5, 5.41) is 4.31. The summed E-state index contributed by atoms with van der Waals surface area (Å²) in [4.78, 5) is 17.3. The molecule has 2 heterocycles. The second kappa shape index (κ2) is 8.40. The zero-order chi connectivity index (χ0) is 19.3. The van der Waals surface area contributed by atoms with Gasteiger partial charge in [-0.25, -0.2) is 0 Å². The first-order chi connectivity index (χ1) is 13.8. The SMILES string of the molecule is CCOc1ccccc1C(=O)N[C@H]1COC[C@H]1Cc1ccnc2ccccc12. The smallest absolute Gasteiger partial charge is 0.255 e. The fraction of sp³-hybridized carbons (Fsp3) is 0.304. The van der Waals surface area contributed by atoms with Crippen LogP contribution in [0.4, 0.5) is 0 Å². The summed E-state index contributed by atoms with van der Waals surface area (Å²) >= 11 is 0. The molecule has 1 N–H and O–H groups in total. The number of nitrogens with zero attached hydrogens (tertiary/aromatic N) is 1. The largest absolute Gasteiger partial charge is 0.493 e. The number of hydrogen-bond donors (Lipinski definition) is 1. The third-order valence-electron chi connectivity index (χ3n) is 5.17. The van der Waals surface area contributed by atoms with Crippen LogP contribution >= 0.6 is 0 Å². The van der Waals surface area contributed by atoms with Gasteiger partial charge in [0.25, 0.3) is 5.91 Å². The molecule has 1 saturated heterocycles. The fourth-order valence-corrected chi connectivity index (χ4v) is 3.76. The van der Waals surface area contributed by atoms with Crippen molar-refractivity contribution in [2.75, 3.05) is 19.8 Å². The van der Waals surface area contributed by atoms with Gasteiger partial charge in [-0.1, -0.05) is 30.3 Å². The van der Waals surface area contributed by atoms with Gasteiger partial charge in [0.05, 0.1) is 36.9 Å². The molecular formula is C23H24N2O3. The molecule has 1 aromatic heterocycles. The standard InChI is InChI=1S/C23H24N2O3/c1-2-28-22-10-6-4-8-19(22)23(26)25-21-15-27-14-17(21)13-16-11-12-24-20-9-5-3-7-18(16)20/h3-12,17,21H,2,13-15H2,1H3,(H,25,26)/t17-,21+/m1/s1. The Labute approximate surface area is 164 Å². The highest BCUT2D eigenvalue weighted by Crippen LogP contribution is 2.25. The van der Waals surface area contributed by atoms with Crippen LogP contribution < -0.4 is 10.1 Å². The highest BCUT2D eigenvalue weighted by atomic mass is 16.5. The minimum atomic E-state index is -0.121. The van der Waals surface area contributed by atoms with Gasteiger partial charge in [0.1, 0.15) is 5.75 Å². The Morgan fingerprint density at radius 3 is 2.86 bits per heavy atom. The molecule has 1 amide bonds. The lowest BCUT2D eigenvalue weighted by molar-refractivity contribution is 0.0921. The van der Waals surface area contributed by atoms with Crippen LogP contribution in [0.25, 0.3) is 10.9 Å². The monoisotopic (exact) mass is 376 g/mol. The topological polar surface area (TPSA) is 60.5 Å². The maximum absolute atomic E-state index is 12.9. The number of nitrogens with one attached hydrogen (secondary N) is 1. The second-order valence-electron chi connectivity index (χ2n) is 7.00. The van der Waals surface area contributed by atoms with Crippen LogP contribution in [0.5, 0.6) is 5.75 Å². The molecule has 4 rings (SSSR count). The average Bonchev–Trinajstić information content (AvgIpc) is 3.15. The summed E-state index contributed by atoms with van der Waals surface area (Å²) in [6.07, 6.45) is 2.68. The number of hydrogen-bond acceptors (Lipinski definition) is 4. The van der Waals surface area contributed by atoms with Crippen molar-refractivity contribution >= 4 is 16.8 Å². The van der Waals surface area contributed by atoms with E-state index in [-0.39, 0.29) is 17.9 Å². The van der Waals surface area contributed by atoms with Crippen molar-refractivity contribution in [2.45, 2.75) is 19.4 Å². The summed E-state index contributed by atoms with van der Waals surface area (Å²) in [7, 11) is 0. The highest BCUT2D eigenvalue weighted by Gasteiger charge is 2.31. The van der Waals surface area contributed by atoms with Gasteiger partial charge in [0.15, 0.2) is 0 Å². The quantitative estimate of drug-likeness (QED) is 0.714. The molecular weight excluding hydrogens is 352 g/mol. The Morgan fingerprint density at radius 1 is 1.14 bits per heavy atom. The number of ether oxygens (including phenoxy) is 2. The van der Waals surface area contributed by atoms with E-state index in [1.807, 2.05) is 49.5 Å². The van der Waals surface area contributed by atoms with Crippen molar-refractivity contribution < 1.29 is 14.3 Å². The van der Waals surface area contributed by atoms with Crippen molar-refractivity contribution in [1.82, 2.24) is 10.3 Å². The minimum absolute atomic E-state index is 0.0332. The number of fused-ring (bicyclic) bond motifs is 1. The number of amides is 1. The van der Waals surface area contributed by atoms with Crippen LogP contribution in [0, 0.1) is 5.92 Å². The molecule has 1 aliphatic heterocycles. The Hall–Kier alpha value is -2.92. The van der Waals surface area contributed by atoms with Gasteiger partial charge in [-0.3, -0.25) is 9.78 Å². The number of benzene rings is 2. The Morgan fingerprint density at radius 2 is 1.96 bits per heavy atom. The van der Waals surface area contributed by atoms with Gasteiger partial charge in [0, 0.05) is 17.5 Å². The maximum Gasteiger partial charge on any atom is 0.255 e. The molecule has 144 valence electrons. The third-order valence-corrected chi connectivity index (χ3v) is 5.17. The number of pyridine rings is 1. The van der Waals surface area contributed by atoms with Crippen LogP contribution in [0.2, 0.25) is 0 Å². The lowest BCUT2D eigenvalue weighted by atomic mass is 9.93. The molecule has 1 fully saturated rings. The predicted molar refractivity (Wildman–Crippen MR) is 109 cm³/mol. The van der Waals surface area contributed by atoms with Gasteiger partial charge < -0.3 is 14.8 Å². The van der Waals surface area contributed by atoms with Gasteiger partial charge in [0.2, 0.25) is 0 Å². The number of carbonyl (C=O) groups is 1. The van der Waals surface area contributed by atoms with Crippen molar-refractivity contribution in [3.05, 3.63) is 71.9 Å². The van der Waals surface area contributed by atoms with Gasteiger partial charge >= 0.3 is 0 Å². The first-order valence-corrected chi connectivity index (χ1v) is 9.69. The molecule has 5 heteroatoms. The molecule has 28 heavy (non-hydrogen) atoms. The second-order valence-corrected chi connectivity index (χ2v) is 7.00. The molecule has 2 atom stereocenters. The van der Waals surface area contributed by atoms with Gasteiger partial charge in [-0.05, 0) is 43.2 Å². The summed E-state index contributed by atoms with van der Waals surface area (Å²) in [5.74, 6) is 0.705. The third kappa shape index (κ3) is 3.85. The van der Waals surface area contributed by atoms with E-state index in [1.54, 1.807) is 6.07 Å². The highest BCUT2D eigenvalue weighted by molar-refractivity contribution is 5.97. The molecule has 1 aliphatic rings. The molecule has 0 bridgehead atoms. The van der Waals surface area contributed by atoms with Crippen molar-refractivity contribution in [2.24, 2.45) is 5.92 Å². The van der Waals surface area contributed by atoms with Crippen LogP contribution in [0.15, 0.2) is 60.8 Å². The lowest BCUT2D eigenvalue weighted by Gasteiger charge is -2.20. The maximum atomic E-state index is 12.9. The summed E-state index contributed by atoms with van der Waals surface area (Å²) in [6, 6.07) is 17.5. The van der Waals surface area contributed by atoms with Gasteiger partial charge in [-0.15, -0.1) is 0 Å². The lowest BCUT2D eigenvalue weighted by Crippen LogP contribution is -2.40. The van der Waals surface area contributed by atoms with Crippen LogP contribution in [-0.2, 0) is 11.2 Å². The van der Waals surface area contributed by atoms with E-state index >= 15 is 0 Å². The molecule has 0 aliphatic carbocycles. The molecule has 0 radical (unpaired) electrons. The predicted octanol–water partition coefficient (Wildman–Crippen LogP) is 3.62. The summed E-state index contributed by atoms with van der Waals surface area (Å²) in [5.41, 5.74) is 2.78. The normalized spacial score (nSPS) is 18.9. The van der Waals surface area contributed by atoms with E-state index in [2.05, 4.69) is 22.4 Å². The molecule has 0 unspecified atom stereocenters. The Balaban J connectivity index is 1.50. The Kier molecular flexibility index (Phi) is 5.53. The first-order valence-electron chi connectivity index (χ1n) is 9.69. The van der Waals surface area contributed by atoms with Gasteiger partial charge in [-0.2, -0.15) is 0 Å². The molecule has 5 nitrogen and oxygen atoms in total. The van der Waals surface area contributed by atoms with E-state index in [0.717, 1.165) is 17.3 Å². The number of carbonyl (C=O) groups excluding carboxylic acids is 1. The molecule has 0 spiro atoms. The molecule has 3 aromatic rings. The molecule has 0 saturated carbocycles. The molecule has 2 aromatic carbocycles. The zero-order valence-corrected chi connectivity index (χ0v) is 15.9. The zero-order valence-electron chi connectivity index (χ0n) is 15.9. The van der Waals surface area contributed by atoms with Crippen molar-refractivity contribution in [3.63, 3.8) is 0 Å². The summed E-state index contributed by atoms with van der Waals surface area (Å²) < 4.78 is 11.3. The van der Waals surface area contributed by atoms with Crippen LogP contribution in [0.3, 0.4) is 0 Å². The van der Waals surface area contributed by atoms with E-state index in [9.17, 15) is 4.79 Å². The van der Waals surface area contributed by atoms with Crippen LogP contribution in [-0.4, -0.2) is 36.8 Å². The Bertz CT molecular complexity index is 967. The number of aromatic nitrogens is 1. The van der Waals surface area contributed by atoms with E-state index in [0.29, 0.717) is 31.1 Å². The summed E-state index contributed by atoms with van der Waals surface area (Å²) in [6.45, 7) is 3.59. The number of rotatable bonds is 6. The van der Waals surface area contributed by atoms with E-state index in [4.69, 9.17) is 9.47 Å². The van der Waals surface area contributed by atoms with Crippen molar-refractivity contribution in [1.29, 1.82) is 0 Å². The van der Waals surface area contributed by atoms with Crippen LogP contribution in [0.1, 0.15) is 22.8 Å². The number of para-hydroxylation sites is 2. The first kappa shape index (κ1) is 18.4. The minimum Gasteiger partial charge on any atom is -0.493 e. The van der Waals surface area contributed by atoms with E-state index < -0.39 is 0 Å². The van der Waals surface area contributed by atoms with Crippen molar-refractivity contribution in [3.8, 4) is 5.75 Å².